The molecule has 110 valence electrons. The van der Waals surface area contributed by atoms with Crippen molar-refractivity contribution in [1.29, 1.82) is 0 Å². The molecule has 1 saturated carbocycles. The van der Waals surface area contributed by atoms with Gasteiger partial charge in [0.1, 0.15) is 5.60 Å². The maximum Gasteiger partial charge on any atom is 0.410 e. The van der Waals surface area contributed by atoms with Crippen LogP contribution in [0.25, 0.3) is 0 Å². The first-order valence-electron chi connectivity index (χ1n) is 7.60. The van der Waals surface area contributed by atoms with Crippen molar-refractivity contribution in [1.82, 2.24) is 4.90 Å². The van der Waals surface area contributed by atoms with Crippen molar-refractivity contribution in [3.8, 4) is 0 Å². The fourth-order valence-electron chi connectivity index (χ4n) is 3.49. The molecule has 19 heavy (non-hydrogen) atoms. The molecule has 4 heteroatoms. The molecule has 0 bridgehead atoms. The minimum absolute atomic E-state index is 0.150. The van der Waals surface area contributed by atoms with Gasteiger partial charge in [0.05, 0.1) is 0 Å². The molecule has 0 spiro atoms. The van der Waals surface area contributed by atoms with Gasteiger partial charge >= 0.3 is 6.09 Å². The van der Waals surface area contributed by atoms with Crippen LogP contribution in [0, 0.1) is 11.8 Å². The van der Waals surface area contributed by atoms with Crippen LogP contribution in [0.4, 0.5) is 4.79 Å². The van der Waals surface area contributed by atoms with Gasteiger partial charge in [-0.25, -0.2) is 4.79 Å². The summed E-state index contributed by atoms with van der Waals surface area (Å²) in [6, 6.07) is 0.381. The Morgan fingerprint density at radius 2 is 2.00 bits per heavy atom. The average Bonchev–Trinajstić information content (AvgIpc) is 2.35. The molecule has 2 aliphatic rings. The summed E-state index contributed by atoms with van der Waals surface area (Å²) in [4.78, 5) is 14.4. The molecule has 1 amide bonds. The summed E-state index contributed by atoms with van der Waals surface area (Å²) in [5.74, 6) is 1.07. The van der Waals surface area contributed by atoms with Crippen LogP contribution in [-0.2, 0) is 4.74 Å². The van der Waals surface area contributed by atoms with E-state index in [1.165, 1.54) is 25.7 Å². The van der Waals surface area contributed by atoms with Crippen LogP contribution in [0.3, 0.4) is 0 Å². The molecule has 2 fully saturated rings. The van der Waals surface area contributed by atoms with E-state index in [-0.39, 0.29) is 6.09 Å². The van der Waals surface area contributed by atoms with Crippen LogP contribution >= 0.6 is 0 Å². The number of amides is 1. The summed E-state index contributed by atoms with van der Waals surface area (Å²) in [5, 5.41) is 0. The zero-order chi connectivity index (χ0) is 14.0. The minimum Gasteiger partial charge on any atom is -0.444 e. The van der Waals surface area contributed by atoms with Gasteiger partial charge in [-0.1, -0.05) is 12.8 Å². The van der Waals surface area contributed by atoms with Crippen molar-refractivity contribution in [3.05, 3.63) is 0 Å². The van der Waals surface area contributed by atoms with Crippen LogP contribution < -0.4 is 5.73 Å². The molecule has 4 nitrogen and oxygen atoms in total. The van der Waals surface area contributed by atoms with Crippen molar-refractivity contribution in [2.75, 3.05) is 13.1 Å². The lowest BCUT2D eigenvalue weighted by atomic mass is 9.75. The number of rotatable bonds is 1. The van der Waals surface area contributed by atoms with Crippen molar-refractivity contribution in [2.45, 2.75) is 64.5 Å². The number of nitrogens with two attached hydrogens (primary N) is 1. The van der Waals surface area contributed by atoms with Gasteiger partial charge in [0.25, 0.3) is 0 Å². The van der Waals surface area contributed by atoms with E-state index in [0.717, 1.165) is 13.0 Å². The number of hydrogen-bond acceptors (Lipinski definition) is 3. The topological polar surface area (TPSA) is 55.6 Å². The van der Waals surface area contributed by atoms with E-state index in [4.69, 9.17) is 10.5 Å². The Labute approximate surface area is 116 Å². The second-order valence-electron chi connectivity index (χ2n) is 7.08. The van der Waals surface area contributed by atoms with Crippen LogP contribution in [0.15, 0.2) is 0 Å². The van der Waals surface area contributed by atoms with Crippen molar-refractivity contribution in [2.24, 2.45) is 17.6 Å². The predicted octanol–water partition coefficient (Wildman–Crippen LogP) is 2.76. The van der Waals surface area contributed by atoms with Crippen LogP contribution in [0.1, 0.15) is 52.9 Å². The maximum absolute atomic E-state index is 12.4. The zero-order valence-corrected chi connectivity index (χ0v) is 12.5. The van der Waals surface area contributed by atoms with E-state index >= 15 is 0 Å². The number of hydrogen-bond donors (Lipinski definition) is 1. The maximum atomic E-state index is 12.4. The Morgan fingerprint density at radius 1 is 1.32 bits per heavy atom. The molecule has 0 aromatic carbocycles. The molecular formula is C15H28N2O2. The molecule has 3 atom stereocenters. The normalized spacial score (nSPS) is 31.8. The lowest BCUT2D eigenvalue weighted by Crippen LogP contribution is -2.54. The van der Waals surface area contributed by atoms with E-state index in [1.54, 1.807) is 0 Å². The van der Waals surface area contributed by atoms with E-state index in [1.807, 2.05) is 25.7 Å². The van der Waals surface area contributed by atoms with E-state index in [9.17, 15) is 4.79 Å². The fraction of sp³-hybridized carbons (Fsp3) is 0.933. The van der Waals surface area contributed by atoms with E-state index < -0.39 is 5.60 Å². The lowest BCUT2D eigenvalue weighted by molar-refractivity contribution is -0.0178. The molecule has 1 aliphatic carbocycles. The SMILES string of the molecule is CC(C)(C)OC(=O)N1CC(CN)CC2CCCCC21. The van der Waals surface area contributed by atoms with Crippen molar-refractivity contribution < 1.29 is 9.53 Å². The second kappa shape index (κ2) is 5.70. The molecule has 0 aromatic heterocycles. The number of piperidine rings is 1. The molecular weight excluding hydrogens is 240 g/mol. The lowest BCUT2D eigenvalue weighted by Gasteiger charge is -2.46. The summed E-state index contributed by atoms with van der Waals surface area (Å²) in [7, 11) is 0. The summed E-state index contributed by atoms with van der Waals surface area (Å²) in [6.07, 6.45) is 5.92. The Bertz CT molecular complexity index is 325. The Morgan fingerprint density at radius 3 is 2.63 bits per heavy atom. The van der Waals surface area contributed by atoms with Gasteiger partial charge in [-0.05, 0) is 58.4 Å². The summed E-state index contributed by atoms with van der Waals surface area (Å²) in [5.41, 5.74) is 5.42. The van der Waals surface area contributed by atoms with Gasteiger partial charge in [-0.15, -0.1) is 0 Å². The van der Waals surface area contributed by atoms with Gasteiger partial charge in [0, 0.05) is 12.6 Å². The number of ether oxygens (including phenoxy) is 1. The largest absolute Gasteiger partial charge is 0.444 e. The summed E-state index contributed by atoms with van der Waals surface area (Å²) >= 11 is 0. The third-order valence-electron chi connectivity index (χ3n) is 4.32. The highest BCUT2D eigenvalue weighted by molar-refractivity contribution is 5.68. The first-order valence-corrected chi connectivity index (χ1v) is 7.60. The number of fused-ring (bicyclic) bond motifs is 1. The fourth-order valence-corrected chi connectivity index (χ4v) is 3.49. The quantitative estimate of drug-likeness (QED) is 0.795. The van der Waals surface area contributed by atoms with Gasteiger partial charge in [0.15, 0.2) is 0 Å². The smallest absolute Gasteiger partial charge is 0.410 e. The van der Waals surface area contributed by atoms with Gasteiger partial charge in [-0.2, -0.15) is 0 Å². The average molecular weight is 268 g/mol. The molecule has 1 heterocycles. The first-order chi connectivity index (χ1) is 8.90. The van der Waals surface area contributed by atoms with E-state index in [2.05, 4.69) is 0 Å². The van der Waals surface area contributed by atoms with Crippen molar-refractivity contribution >= 4 is 6.09 Å². The second-order valence-corrected chi connectivity index (χ2v) is 7.08. The highest BCUT2D eigenvalue weighted by Gasteiger charge is 2.40. The highest BCUT2D eigenvalue weighted by atomic mass is 16.6. The Kier molecular flexibility index (Phi) is 4.39. The number of carbonyl (C=O) groups is 1. The monoisotopic (exact) mass is 268 g/mol. The van der Waals surface area contributed by atoms with Gasteiger partial charge < -0.3 is 15.4 Å². The highest BCUT2D eigenvalue weighted by Crippen LogP contribution is 2.37. The van der Waals surface area contributed by atoms with Crippen LogP contribution in [0.2, 0.25) is 0 Å². The minimum atomic E-state index is -0.420. The third-order valence-corrected chi connectivity index (χ3v) is 4.32. The van der Waals surface area contributed by atoms with Gasteiger partial charge in [-0.3, -0.25) is 0 Å². The van der Waals surface area contributed by atoms with Crippen LogP contribution in [0.5, 0.6) is 0 Å². The summed E-state index contributed by atoms with van der Waals surface area (Å²) < 4.78 is 5.57. The molecule has 3 unspecified atom stereocenters. The molecule has 1 aliphatic heterocycles. The third kappa shape index (κ3) is 3.62. The van der Waals surface area contributed by atoms with Gasteiger partial charge in [0.2, 0.25) is 0 Å². The Balaban J connectivity index is 2.08. The number of carbonyl (C=O) groups excluding carboxylic acids is 1. The predicted molar refractivity (Wildman–Crippen MR) is 75.8 cm³/mol. The Hall–Kier alpha value is -0.770. The number of nitrogens with zero attached hydrogens (tertiary/aromatic N) is 1. The molecule has 0 radical (unpaired) electrons. The molecule has 2 N–H and O–H groups in total. The van der Waals surface area contributed by atoms with Crippen molar-refractivity contribution in [3.63, 3.8) is 0 Å². The molecule has 2 rings (SSSR count). The number of likely N-dealkylation sites (tertiary alicyclic amines) is 1. The zero-order valence-electron chi connectivity index (χ0n) is 12.5. The molecule has 0 aromatic rings. The summed E-state index contributed by atoms with van der Waals surface area (Å²) in [6.45, 7) is 7.21. The van der Waals surface area contributed by atoms with E-state index in [0.29, 0.717) is 24.4 Å². The first kappa shape index (κ1) is 14.6. The van der Waals surface area contributed by atoms with Crippen LogP contribution in [-0.4, -0.2) is 35.7 Å². The standard InChI is InChI=1S/C15H28N2O2/c1-15(2,3)19-14(18)17-10-11(9-16)8-12-6-4-5-7-13(12)17/h11-13H,4-10,16H2,1-3H3. The molecule has 1 saturated heterocycles.